The van der Waals surface area contributed by atoms with Crippen LogP contribution in [0.5, 0.6) is 0 Å². The van der Waals surface area contributed by atoms with Crippen molar-refractivity contribution in [2.75, 3.05) is 0 Å². The molecule has 88 valence electrons. The first-order valence-corrected chi connectivity index (χ1v) is 5.81. The van der Waals surface area contributed by atoms with E-state index < -0.39 is 0 Å². The molecule has 0 unspecified atom stereocenters. The minimum Gasteiger partial charge on any atom is -0.316 e. The topological polar surface area (TPSA) is 76.4 Å². The second-order valence-electron chi connectivity index (χ2n) is 3.60. The van der Waals surface area contributed by atoms with Gasteiger partial charge in [-0.05, 0) is 12.2 Å². The first kappa shape index (κ1) is 10.7. The maximum absolute atomic E-state index is 11.6. The summed E-state index contributed by atoms with van der Waals surface area (Å²) >= 11 is 1.20. The smallest absolute Gasteiger partial charge is 0.259 e. The van der Waals surface area contributed by atoms with E-state index in [9.17, 15) is 9.59 Å². The number of carbonyl (C=O) groups excluding carboxylic acids is 2. The molecule has 6 nitrogen and oxygen atoms in total. The third kappa shape index (κ3) is 1.36. The minimum absolute atomic E-state index is 0.382. The molecule has 0 aromatic rings. The van der Waals surface area contributed by atoms with Crippen molar-refractivity contribution in [3.8, 4) is 6.07 Å². The minimum atomic E-state index is -0.382. The number of nitrogens with zero attached hydrogens (tertiary/aromatic N) is 3. The van der Waals surface area contributed by atoms with E-state index in [0.717, 1.165) is 4.90 Å². The summed E-state index contributed by atoms with van der Waals surface area (Å²) in [6.07, 6.45) is 7.28. The van der Waals surface area contributed by atoms with Gasteiger partial charge in [-0.3, -0.25) is 9.59 Å². The number of carbonyl (C=O) groups is 2. The number of fused-ring (bicyclic) bond motifs is 1. The Kier molecular flexibility index (Phi) is 2.25. The average Bonchev–Trinajstić information content (AvgIpc) is 2.96. The highest BCUT2D eigenvalue weighted by molar-refractivity contribution is 7.95. The van der Waals surface area contributed by atoms with Crippen LogP contribution in [0.25, 0.3) is 0 Å². The summed E-state index contributed by atoms with van der Waals surface area (Å²) < 4.78 is 4.53. The van der Waals surface area contributed by atoms with Crippen molar-refractivity contribution in [1.29, 1.82) is 5.26 Å². The van der Waals surface area contributed by atoms with Crippen molar-refractivity contribution < 1.29 is 9.59 Å². The third-order valence-corrected chi connectivity index (χ3v) is 3.39. The molecule has 1 N–H and O–H groups in total. The average molecular weight is 258 g/mol. The summed E-state index contributed by atoms with van der Waals surface area (Å²) in [5.41, 5.74) is 1.11. The molecule has 0 saturated carbocycles. The lowest BCUT2D eigenvalue weighted by atomic mass is 10.1. The fourth-order valence-electron chi connectivity index (χ4n) is 1.80. The number of imide groups is 1. The zero-order chi connectivity index (χ0) is 12.7. The summed E-state index contributed by atoms with van der Waals surface area (Å²) in [6.45, 7) is 0. The van der Waals surface area contributed by atoms with Crippen molar-refractivity contribution in [1.82, 2.24) is 13.9 Å². The maximum Gasteiger partial charge on any atom is 0.259 e. The standard InChI is InChI=1S/C11H6N4O2S/c12-5-7-1-2-9(15-8(7)6-13-18-15)14-10(16)3-4-11(14)17/h1-4,6,13H. The van der Waals surface area contributed by atoms with Gasteiger partial charge < -0.3 is 4.72 Å². The molecule has 0 spiro atoms. The fourth-order valence-corrected chi connectivity index (χ4v) is 2.55. The van der Waals surface area contributed by atoms with E-state index in [1.54, 1.807) is 22.7 Å². The third-order valence-electron chi connectivity index (χ3n) is 2.60. The van der Waals surface area contributed by atoms with Gasteiger partial charge >= 0.3 is 0 Å². The molecule has 0 bridgehead atoms. The van der Waals surface area contributed by atoms with E-state index >= 15 is 0 Å². The summed E-state index contributed by atoms with van der Waals surface area (Å²) in [7, 11) is 0. The van der Waals surface area contributed by atoms with Crippen LogP contribution in [0, 0.1) is 11.3 Å². The Labute approximate surface area is 107 Å². The zero-order valence-electron chi connectivity index (χ0n) is 8.95. The maximum atomic E-state index is 11.6. The van der Waals surface area contributed by atoms with Gasteiger partial charge in [-0.15, -0.1) is 0 Å². The molecule has 0 radical (unpaired) electrons. The highest BCUT2D eigenvalue weighted by Crippen LogP contribution is 2.36. The lowest BCUT2D eigenvalue weighted by Gasteiger charge is -2.29. The van der Waals surface area contributed by atoms with E-state index in [2.05, 4.69) is 10.8 Å². The predicted molar refractivity (Wildman–Crippen MR) is 63.4 cm³/mol. The summed E-state index contributed by atoms with van der Waals surface area (Å²) in [5, 5.41) is 8.98. The lowest BCUT2D eigenvalue weighted by Crippen LogP contribution is -2.36. The van der Waals surface area contributed by atoms with Crippen LogP contribution in [0.2, 0.25) is 0 Å². The fraction of sp³-hybridized carbons (Fsp3) is 0. The second-order valence-corrected chi connectivity index (χ2v) is 4.38. The first-order chi connectivity index (χ1) is 8.72. The molecule has 3 rings (SSSR count). The Morgan fingerprint density at radius 3 is 2.61 bits per heavy atom. The van der Waals surface area contributed by atoms with Crippen molar-refractivity contribution >= 4 is 23.9 Å². The molecule has 3 aliphatic heterocycles. The molecule has 7 heteroatoms. The zero-order valence-corrected chi connectivity index (χ0v) is 9.77. The van der Waals surface area contributed by atoms with Gasteiger partial charge in [0.05, 0.1) is 23.4 Å². The first-order valence-electron chi connectivity index (χ1n) is 5.04. The van der Waals surface area contributed by atoms with Crippen molar-refractivity contribution in [3.05, 3.63) is 47.6 Å². The van der Waals surface area contributed by atoms with Crippen LogP contribution < -0.4 is 4.72 Å². The van der Waals surface area contributed by atoms with Crippen molar-refractivity contribution in [2.45, 2.75) is 0 Å². The van der Waals surface area contributed by atoms with E-state index in [1.807, 2.05) is 0 Å². The van der Waals surface area contributed by atoms with Gasteiger partial charge in [-0.1, -0.05) is 0 Å². The van der Waals surface area contributed by atoms with Crippen molar-refractivity contribution in [2.24, 2.45) is 0 Å². The molecule has 2 amide bonds. The van der Waals surface area contributed by atoms with E-state index in [0.29, 0.717) is 17.1 Å². The summed E-state index contributed by atoms with van der Waals surface area (Å²) in [6, 6.07) is 2.06. The van der Waals surface area contributed by atoms with E-state index in [1.165, 1.54) is 24.3 Å². The van der Waals surface area contributed by atoms with Crippen LogP contribution in [-0.4, -0.2) is 21.0 Å². The van der Waals surface area contributed by atoms with Crippen LogP contribution in [-0.2, 0) is 9.59 Å². The number of nitriles is 1. The Morgan fingerprint density at radius 1 is 1.22 bits per heavy atom. The number of nitrogens with one attached hydrogen (secondary N) is 1. The van der Waals surface area contributed by atoms with E-state index in [-0.39, 0.29) is 11.8 Å². The van der Waals surface area contributed by atoms with Crippen LogP contribution in [0.4, 0.5) is 0 Å². The number of rotatable bonds is 1. The summed E-state index contributed by atoms with van der Waals surface area (Å²) in [5.74, 6) is -0.339. The highest BCUT2D eigenvalue weighted by Gasteiger charge is 2.36. The van der Waals surface area contributed by atoms with Crippen LogP contribution in [0.15, 0.2) is 47.6 Å². The predicted octanol–water partition coefficient (Wildman–Crippen LogP) is 0.526. The molecule has 0 aliphatic carbocycles. The van der Waals surface area contributed by atoms with Crippen LogP contribution in [0.3, 0.4) is 0 Å². The Balaban J connectivity index is 2.04. The molecule has 0 saturated heterocycles. The molecular formula is C11H6N4O2S. The van der Waals surface area contributed by atoms with Gasteiger partial charge in [0.15, 0.2) is 0 Å². The normalized spacial score (nSPS) is 21.2. The largest absolute Gasteiger partial charge is 0.316 e. The monoisotopic (exact) mass is 258 g/mol. The highest BCUT2D eigenvalue weighted by atomic mass is 32.2. The van der Waals surface area contributed by atoms with Gasteiger partial charge in [0.1, 0.15) is 11.9 Å². The van der Waals surface area contributed by atoms with Gasteiger partial charge in [-0.2, -0.15) is 5.26 Å². The quantitative estimate of drug-likeness (QED) is 0.546. The lowest BCUT2D eigenvalue weighted by molar-refractivity contribution is -0.135. The number of hydrogen-bond acceptors (Lipinski definition) is 6. The molecule has 0 atom stereocenters. The molecule has 0 aromatic heterocycles. The van der Waals surface area contributed by atoms with E-state index in [4.69, 9.17) is 5.26 Å². The van der Waals surface area contributed by atoms with Crippen molar-refractivity contribution in [3.63, 3.8) is 0 Å². The number of hydrogen-bond donors (Lipinski definition) is 1. The second kappa shape index (κ2) is 3.78. The van der Waals surface area contributed by atoms with Crippen LogP contribution >= 0.6 is 12.1 Å². The Hall–Kier alpha value is -2.46. The van der Waals surface area contributed by atoms with Crippen LogP contribution in [0.1, 0.15) is 0 Å². The Morgan fingerprint density at radius 2 is 1.94 bits per heavy atom. The number of amides is 2. The van der Waals surface area contributed by atoms with Gasteiger partial charge in [-0.25, -0.2) is 9.21 Å². The molecule has 0 aromatic carbocycles. The molecule has 0 fully saturated rings. The van der Waals surface area contributed by atoms with Gasteiger partial charge in [0.25, 0.3) is 11.8 Å². The SMILES string of the molecule is N#CC1=CC=C(N2C(=O)C=CC2=O)N2SNC=C12. The molecular weight excluding hydrogens is 252 g/mol. The van der Waals surface area contributed by atoms with Gasteiger partial charge in [0.2, 0.25) is 0 Å². The van der Waals surface area contributed by atoms with Gasteiger partial charge in [0, 0.05) is 18.4 Å². The Bertz CT molecular complexity index is 605. The molecule has 3 heterocycles. The molecule has 3 aliphatic rings. The molecule has 18 heavy (non-hydrogen) atoms. The summed E-state index contributed by atoms with van der Waals surface area (Å²) in [4.78, 5) is 24.3. The number of allylic oxidation sites excluding steroid dienone is 3.